The van der Waals surface area contributed by atoms with Gasteiger partial charge in [-0.2, -0.15) is 0 Å². The summed E-state index contributed by atoms with van der Waals surface area (Å²) in [6.07, 6.45) is 6.17. The van der Waals surface area contributed by atoms with Crippen molar-refractivity contribution >= 4 is 21.6 Å². The van der Waals surface area contributed by atoms with E-state index in [0.717, 1.165) is 4.47 Å². The highest BCUT2D eigenvalue weighted by molar-refractivity contribution is 9.10. The Bertz CT molecular complexity index is 559. The van der Waals surface area contributed by atoms with E-state index in [1.54, 1.807) is 0 Å². The monoisotopic (exact) mass is 316 g/mol. The maximum Gasteiger partial charge on any atom is 0.0558 e. The minimum absolute atomic E-state index is 0.580. The molecule has 1 heterocycles. The van der Waals surface area contributed by atoms with Crippen LogP contribution in [0.3, 0.4) is 0 Å². The van der Waals surface area contributed by atoms with Crippen LogP contribution >= 0.6 is 15.9 Å². The fourth-order valence-corrected chi connectivity index (χ4v) is 2.84. The number of pyridine rings is 1. The number of benzene rings is 1. The summed E-state index contributed by atoms with van der Waals surface area (Å²) in [6.45, 7) is 2.12. The van der Waals surface area contributed by atoms with Crippen molar-refractivity contribution in [2.75, 3.05) is 5.32 Å². The number of aryl methyl sites for hydroxylation is 1. The molecule has 3 heteroatoms. The van der Waals surface area contributed by atoms with E-state index in [9.17, 15) is 0 Å². The Balaban J connectivity index is 1.58. The zero-order valence-electron chi connectivity index (χ0n) is 10.9. The van der Waals surface area contributed by atoms with Crippen molar-refractivity contribution in [3.8, 4) is 0 Å². The molecule has 1 aromatic heterocycles. The summed E-state index contributed by atoms with van der Waals surface area (Å²) >= 11 is 3.48. The number of aromatic nitrogens is 1. The van der Waals surface area contributed by atoms with Crippen molar-refractivity contribution in [2.24, 2.45) is 0 Å². The third kappa shape index (κ3) is 2.81. The van der Waals surface area contributed by atoms with E-state index >= 15 is 0 Å². The van der Waals surface area contributed by atoms with Crippen LogP contribution in [0.1, 0.15) is 29.9 Å². The van der Waals surface area contributed by atoms with E-state index in [1.807, 2.05) is 18.5 Å². The van der Waals surface area contributed by atoms with Gasteiger partial charge in [0.05, 0.1) is 11.9 Å². The first-order chi connectivity index (χ1) is 9.22. The number of hydrogen-bond donors (Lipinski definition) is 1. The van der Waals surface area contributed by atoms with E-state index < -0.39 is 0 Å². The largest absolute Gasteiger partial charge is 0.381 e. The fraction of sp³-hybridized carbons (Fsp3) is 0.312. The molecule has 2 nitrogen and oxygen atoms in total. The Kier molecular flexibility index (Phi) is 3.56. The molecule has 0 spiro atoms. The number of anilines is 1. The molecule has 1 aliphatic rings. The molecule has 0 aliphatic heterocycles. The molecule has 0 radical (unpaired) electrons. The van der Waals surface area contributed by atoms with Crippen molar-refractivity contribution < 1.29 is 0 Å². The summed E-state index contributed by atoms with van der Waals surface area (Å²) in [5.41, 5.74) is 3.88. The molecule has 0 bridgehead atoms. The standard InChI is InChI=1S/C16H17BrN2/c1-11-6-7-18-10-16(11)19-15-8-13(9-15)12-2-4-14(17)5-3-12/h2-7,10,13,15,19H,8-9H2,1H3. The quantitative estimate of drug-likeness (QED) is 0.901. The van der Waals surface area contributed by atoms with Gasteiger partial charge in [-0.05, 0) is 55.0 Å². The maximum absolute atomic E-state index is 4.18. The van der Waals surface area contributed by atoms with Gasteiger partial charge in [0.25, 0.3) is 0 Å². The fourth-order valence-electron chi connectivity index (χ4n) is 2.58. The highest BCUT2D eigenvalue weighted by atomic mass is 79.9. The van der Waals surface area contributed by atoms with Crippen molar-refractivity contribution in [3.63, 3.8) is 0 Å². The second kappa shape index (κ2) is 5.33. The lowest BCUT2D eigenvalue weighted by Crippen LogP contribution is -2.34. The molecule has 1 saturated carbocycles. The van der Waals surface area contributed by atoms with Gasteiger partial charge in [0.2, 0.25) is 0 Å². The van der Waals surface area contributed by atoms with Crippen LogP contribution < -0.4 is 5.32 Å². The lowest BCUT2D eigenvalue weighted by atomic mass is 9.76. The number of nitrogens with one attached hydrogen (secondary N) is 1. The number of hydrogen-bond acceptors (Lipinski definition) is 2. The van der Waals surface area contributed by atoms with Gasteiger partial charge in [-0.1, -0.05) is 28.1 Å². The number of halogens is 1. The molecule has 1 aromatic carbocycles. The van der Waals surface area contributed by atoms with Crippen LogP contribution in [-0.4, -0.2) is 11.0 Å². The normalized spacial score (nSPS) is 21.8. The summed E-state index contributed by atoms with van der Waals surface area (Å²) < 4.78 is 1.15. The van der Waals surface area contributed by atoms with Crippen LogP contribution in [0.25, 0.3) is 0 Å². The molecule has 98 valence electrons. The van der Waals surface area contributed by atoms with Crippen LogP contribution in [-0.2, 0) is 0 Å². The van der Waals surface area contributed by atoms with Gasteiger partial charge >= 0.3 is 0 Å². The summed E-state index contributed by atoms with van der Waals surface area (Å²) in [5, 5.41) is 3.59. The molecule has 3 rings (SSSR count). The van der Waals surface area contributed by atoms with Gasteiger partial charge in [0, 0.05) is 16.7 Å². The predicted molar refractivity (Wildman–Crippen MR) is 82.5 cm³/mol. The van der Waals surface area contributed by atoms with Gasteiger partial charge in [0.1, 0.15) is 0 Å². The zero-order valence-corrected chi connectivity index (χ0v) is 12.5. The SMILES string of the molecule is Cc1ccncc1NC1CC(c2ccc(Br)cc2)C1. The Hall–Kier alpha value is -1.35. The lowest BCUT2D eigenvalue weighted by Gasteiger charge is -2.37. The highest BCUT2D eigenvalue weighted by Crippen LogP contribution is 2.39. The first kappa shape index (κ1) is 12.7. The lowest BCUT2D eigenvalue weighted by molar-refractivity contribution is 0.374. The van der Waals surface area contributed by atoms with Crippen molar-refractivity contribution in [1.29, 1.82) is 0 Å². The number of nitrogens with zero attached hydrogens (tertiary/aromatic N) is 1. The van der Waals surface area contributed by atoms with Crippen LogP contribution in [0.15, 0.2) is 47.2 Å². The van der Waals surface area contributed by atoms with Crippen LogP contribution in [0.2, 0.25) is 0 Å². The van der Waals surface area contributed by atoms with E-state index in [-0.39, 0.29) is 0 Å². The van der Waals surface area contributed by atoms with Gasteiger partial charge in [0.15, 0.2) is 0 Å². The molecule has 0 unspecified atom stereocenters. The van der Waals surface area contributed by atoms with E-state index in [0.29, 0.717) is 12.0 Å². The second-order valence-electron chi connectivity index (χ2n) is 5.25. The number of rotatable bonds is 3. The van der Waals surface area contributed by atoms with Crippen LogP contribution in [0.5, 0.6) is 0 Å². The molecular formula is C16H17BrN2. The minimum atomic E-state index is 0.580. The first-order valence-electron chi connectivity index (χ1n) is 6.65. The highest BCUT2D eigenvalue weighted by Gasteiger charge is 2.30. The molecule has 0 saturated heterocycles. The molecule has 1 fully saturated rings. The van der Waals surface area contributed by atoms with Crippen molar-refractivity contribution in [2.45, 2.75) is 31.7 Å². The zero-order chi connectivity index (χ0) is 13.2. The Morgan fingerprint density at radius 3 is 2.58 bits per heavy atom. The topological polar surface area (TPSA) is 24.9 Å². The Morgan fingerprint density at radius 1 is 1.16 bits per heavy atom. The third-order valence-corrected chi connectivity index (χ3v) is 4.41. The minimum Gasteiger partial charge on any atom is -0.381 e. The second-order valence-corrected chi connectivity index (χ2v) is 6.17. The summed E-state index contributed by atoms with van der Waals surface area (Å²) in [6, 6.07) is 11.3. The van der Waals surface area contributed by atoms with Crippen molar-refractivity contribution in [1.82, 2.24) is 4.98 Å². The van der Waals surface area contributed by atoms with Gasteiger partial charge < -0.3 is 5.32 Å². The van der Waals surface area contributed by atoms with E-state index in [4.69, 9.17) is 0 Å². The van der Waals surface area contributed by atoms with Gasteiger partial charge in [-0.3, -0.25) is 4.98 Å². The molecule has 1 N–H and O–H groups in total. The third-order valence-electron chi connectivity index (χ3n) is 3.88. The van der Waals surface area contributed by atoms with Crippen LogP contribution in [0, 0.1) is 6.92 Å². The molecular weight excluding hydrogens is 300 g/mol. The Labute approximate surface area is 122 Å². The summed E-state index contributed by atoms with van der Waals surface area (Å²) in [5.74, 6) is 0.697. The molecule has 0 amide bonds. The maximum atomic E-state index is 4.18. The van der Waals surface area contributed by atoms with E-state index in [2.05, 4.69) is 57.4 Å². The molecule has 19 heavy (non-hydrogen) atoms. The van der Waals surface area contributed by atoms with E-state index in [1.165, 1.54) is 29.7 Å². The average Bonchev–Trinajstić information content (AvgIpc) is 2.37. The average molecular weight is 317 g/mol. The van der Waals surface area contributed by atoms with Gasteiger partial charge in [-0.15, -0.1) is 0 Å². The molecule has 1 aliphatic carbocycles. The Morgan fingerprint density at radius 2 is 1.89 bits per heavy atom. The smallest absolute Gasteiger partial charge is 0.0558 e. The van der Waals surface area contributed by atoms with Crippen molar-refractivity contribution in [3.05, 3.63) is 58.3 Å². The van der Waals surface area contributed by atoms with Gasteiger partial charge in [-0.25, -0.2) is 0 Å². The van der Waals surface area contributed by atoms with Crippen LogP contribution in [0.4, 0.5) is 5.69 Å². The summed E-state index contributed by atoms with van der Waals surface area (Å²) in [4.78, 5) is 4.18. The predicted octanol–water partition coefficient (Wildman–Crippen LogP) is 4.51. The molecule has 2 aromatic rings. The first-order valence-corrected chi connectivity index (χ1v) is 7.44. The summed E-state index contributed by atoms with van der Waals surface area (Å²) in [7, 11) is 0. The molecule has 0 atom stereocenters.